The van der Waals surface area contributed by atoms with E-state index in [2.05, 4.69) is 30.9 Å². The summed E-state index contributed by atoms with van der Waals surface area (Å²) in [4.78, 5) is 16.6. The van der Waals surface area contributed by atoms with Crippen molar-refractivity contribution in [3.63, 3.8) is 0 Å². The molecule has 0 amide bonds. The number of carbonyl (C=O) groups excluding carboxylic acids is 1. The van der Waals surface area contributed by atoms with Gasteiger partial charge >= 0.3 is 0 Å². The quantitative estimate of drug-likeness (QED) is 0.820. The molecule has 0 atom stereocenters. The van der Waals surface area contributed by atoms with Crippen LogP contribution in [0.4, 0.5) is 0 Å². The molecule has 1 aromatic rings. The van der Waals surface area contributed by atoms with Gasteiger partial charge in [0.1, 0.15) is 17.9 Å². The number of aromatic nitrogens is 3. The maximum absolute atomic E-state index is 12.4. The van der Waals surface area contributed by atoms with Gasteiger partial charge in [-0.1, -0.05) is 20.8 Å². The van der Waals surface area contributed by atoms with E-state index < -0.39 is 0 Å². The highest BCUT2D eigenvalue weighted by Crippen LogP contribution is 2.38. The Labute approximate surface area is 115 Å². The molecule has 1 aromatic heterocycles. The zero-order valence-electron chi connectivity index (χ0n) is 12.4. The van der Waals surface area contributed by atoms with Crippen LogP contribution in [0, 0.1) is 11.3 Å². The zero-order chi connectivity index (χ0) is 13.9. The lowest BCUT2D eigenvalue weighted by Gasteiger charge is -2.33. The molecule has 2 rings (SSSR count). The molecule has 1 aliphatic rings. The normalized spacial score (nSPS) is 19.5. The first-order chi connectivity index (χ1) is 9.02. The van der Waals surface area contributed by atoms with Crippen LogP contribution < -0.4 is 0 Å². The van der Waals surface area contributed by atoms with Crippen LogP contribution in [0.15, 0.2) is 6.33 Å². The summed E-state index contributed by atoms with van der Waals surface area (Å²) in [7, 11) is 0. The number of Topliss-reactive ketones (excluding diaryl/α,β-unsaturated/α-hetero) is 1. The van der Waals surface area contributed by atoms with Crippen LogP contribution in [0.25, 0.3) is 0 Å². The van der Waals surface area contributed by atoms with Crippen LogP contribution >= 0.6 is 0 Å². The maximum Gasteiger partial charge on any atom is 0.143 e. The molecular formula is C15H25N3O. The molecule has 0 aromatic carbocycles. The van der Waals surface area contributed by atoms with Crippen LogP contribution in [0.5, 0.6) is 0 Å². The standard InChI is InChI=1S/C15H25N3O/c1-4-9-18-14(16-11-17-18)10-13(19)12-5-7-15(2,3)8-6-12/h11-12H,4-10H2,1-3H3. The zero-order valence-corrected chi connectivity index (χ0v) is 12.4. The van der Waals surface area contributed by atoms with Gasteiger partial charge in [0.25, 0.3) is 0 Å². The van der Waals surface area contributed by atoms with Gasteiger partial charge in [0.05, 0.1) is 6.42 Å². The van der Waals surface area contributed by atoms with Gasteiger partial charge in [-0.05, 0) is 37.5 Å². The number of hydrogen-bond acceptors (Lipinski definition) is 3. The fourth-order valence-electron chi connectivity index (χ4n) is 2.85. The highest BCUT2D eigenvalue weighted by Gasteiger charge is 2.30. The molecule has 0 bridgehead atoms. The summed E-state index contributed by atoms with van der Waals surface area (Å²) in [6.45, 7) is 7.55. The van der Waals surface area contributed by atoms with E-state index in [1.54, 1.807) is 6.33 Å². The second kappa shape index (κ2) is 5.85. The van der Waals surface area contributed by atoms with Crippen molar-refractivity contribution in [1.82, 2.24) is 14.8 Å². The van der Waals surface area contributed by atoms with Crippen LogP contribution in [0.2, 0.25) is 0 Å². The number of aryl methyl sites for hydroxylation is 1. The average molecular weight is 263 g/mol. The van der Waals surface area contributed by atoms with Crippen LogP contribution in [0.3, 0.4) is 0 Å². The van der Waals surface area contributed by atoms with Crippen molar-refractivity contribution in [3.05, 3.63) is 12.2 Å². The van der Waals surface area contributed by atoms with Gasteiger partial charge < -0.3 is 0 Å². The Hall–Kier alpha value is -1.19. The minimum absolute atomic E-state index is 0.236. The van der Waals surface area contributed by atoms with Crippen molar-refractivity contribution >= 4 is 5.78 Å². The van der Waals surface area contributed by atoms with Crippen molar-refractivity contribution in [2.45, 2.75) is 65.8 Å². The van der Waals surface area contributed by atoms with Gasteiger partial charge in [0, 0.05) is 12.5 Å². The van der Waals surface area contributed by atoms with Crippen LogP contribution in [-0.4, -0.2) is 20.5 Å². The smallest absolute Gasteiger partial charge is 0.143 e. The molecule has 4 heteroatoms. The summed E-state index contributed by atoms with van der Waals surface area (Å²) < 4.78 is 1.87. The Bertz CT molecular complexity index is 426. The average Bonchev–Trinajstić information content (AvgIpc) is 2.77. The lowest BCUT2D eigenvalue weighted by atomic mass is 9.72. The summed E-state index contributed by atoms with van der Waals surface area (Å²) in [5.74, 6) is 1.41. The van der Waals surface area contributed by atoms with Gasteiger partial charge in [0.15, 0.2) is 0 Å². The molecule has 1 heterocycles. The summed E-state index contributed by atoms with van der Waals surface area (Å²) >= 11 is 0. The Morgan fingerprint density at radius 2 is 2.11 bits per heavy atom. The molecule has 1 fully saturated rings. The summed E-state index contributed by atoms with van der Waals surface area (Å²) in [6.07, 6.45) is 7.41. The highest BCUT2D eigenvalue weighted by molar-refractivity contribution is 5.82. The Morgan fingerprint density at radius 3 is 2.74 bits per heavy atom. The Balaban J connectivity index is 1.92. The largest absolute Gasteiger partial charge is 0.299 e. The summed E-state index contributed by atoms with van der Waals surface area (Å²) in [5, 5.41) is 4.18. The predicted octanol–water partition coefficient (Wildman–Crippen LogP) is 3.02. The van der Waals surface area contributed by atoms with Gasteiger partial charge in [-0.3, -0.25) is 4.79 Å². The van der Waals surface area contributed by atoms with E-state index in [4.69, 9.17) is 0 Å². The second-order valence-corrected chi connectivity index (χ2v) is 6.48. The first-order valence-electron chi connectivity index (χ1n) is 7.41. The lowest BCUT2D eigenvalue weighted by molar-refractivity contribution is -0.123. The number of hydrogen-bond donors (Lipinski definition) is 0. The predicted molar refractivity (Wildman–Crippen MR) is 74.8 cm³/mol. The maximum atomic E-state index is 12.4. The third kappa shape index (κ3) is 3.64. The monoisotopic (exact) mass is 263 g/mol. The molecule has 19 heavy (non-hydrogen) atoms. The first-order valence-corrected chi connectivity index (χ1v) is 7.41. The van der Waals surface area contributed by atoms with Crippen molar-refractivity contribution < 1.29 is 4.79 Å². The van der Waals surface area contributed by atoms with E-state index in [-0.39, 0.29) is 5.92 Å². The minimum atomic E-state index is 0.236. The van der Waals surface area contributed by atoms with Crippen molar-refractivity contribution in [2.24, 2.45) is 11.3 Å². The molecular weight excluding hydrogens is 238 g/mol. The molecule has 0 spiro atoms. The van der Waals surface area contributed by atoms with E-state index >= 15 is 0 Å². The first kappa shape index (κ1) is 14.2. The lowest BCUT2D eigenvalue weighted by Crippen LogP contribution is -2.27. The Morgan fingerprint density at radius 1 is 1.42 bits per heavy atom. The van der Waals surface area contributed by atoms with Crippen molar-refractivity contribution in [1.29, 1.82) is 0 Å². The summed E-state index contributed by atoms with van der Waals surface area (Å²) in [5.41, 5.74) is 0.416. The number of carbonyl (C=O) groups is 1. The highest BCUT2D eigenvalue weighted by atomic mass is 16.1. The molecule has 4 nitrogen and oxygen atoms in total. The SMILES string of the molecule is CCCn1ncnc1CC(=O)C1CCC(C)(C)CC1. The minimum Gasteiger partial charge on any atom is -0.299 e. The molecule has 0 radical (unpaired) electrons. The van der Waals surface area contributed by atoms with Gasteiger partial charge in [-0.2, -0.15) is 5.10 Å². The molecule has 1 aliphatic carbocycles. The van der Waals surface area contributed by atoms with Crippen molar-refractivity contribution in [2.75, 3.05) is 0 Å². The number of ketones is 1. The summed E-state index contributed by atoms with van der Waals surface area (Å²) in [6, 6.07) is 0. The fraction of sp³-hybridized carbons (Fsp3) is 0.800. The molecule has 0 N–H and O–H groups in total. The molecule has 0 unspecified atom stereocenters. The van der Waals surface area contributed by atoms with E-state index in [9.17, 15) is 4.79 Å². The number of nitrogens with zero attached hydrogens (tertiary/aromatic N) is 3. The third-order valence-corrected chi connectivity index (χ3v) is 4.26. The topological polar surface area (TPSA) is 47.8 Å². The molecule has 106 valence electrons. The molecule has 0 aliphatic heterocycles. The van der Waals surface area contributed by atoms with E-state index in [1.807, 2.05) is 4.68 Å². The van der Waals surface area contributed by atoms with E-state index in [0.717, 1.165) is 44.5 Å². The van der Waals surface area contributed by atoms with Gasteiger partial charge in [-0.25, -0.2) is 9.67 Å². The van der Waals surface area contributed by atoms with Gasteiger partial charge in [-0.15, -0.1) is 0 Å². The Kier molecular flexibility index (Phi) is 4.38. The number of rotatable bonds is 5. The molecule has 1 saturated carbocycles. The second-order valence-electron chi connectivity index (χ2n) is 6.48. The van der Waals surface area contributed by atoms with Crippen molar-refractivity contribution in [3.8, 4) is 0 Å². The van der Waals surface area contributed by atoms with E-state index in [0.29, 0.717) is 17.6 Å². The third-order valence-electron chi connectivity index (χ3n) is 4.26. The fourth-order valence-corrected chi connectivity index (χ4v) is 2.85. The van der Waals surface area contributed by atoms with Crippen LogP contribution in [-0.2, 0) is 17.8 Å². The van der Waals surface area contributed by atoms with E-state index in [1.165, 1.54) is 0 Å². The molecule has 0 saturated heterocycles. The van der Waals surface area contributed by atoms with Crippen LogP contribution in [0.1, 0.15) is 58.7 Å². The van der Waals surface area contributed by atoms with Gasteiger partial charge in [0.2, 0.25) is 0 Å².